The second kappa shape index (κ2) is 4.93. The summed E-state index contributed by atoms with van der Waals surface area (Å²) >= 11 is 5.86. The molecule has 0 atom stereocenters. The maximum absolute atomic E-state index is 10.4. The summed E-state index contributed by atoms with van der Waals surface area (Å²) in [5, 5.41) is 13.9. The minimum absolute atomic E-state index is 0.0234. The second-order valence-corrected chi connectivity index (χ2v) is 3.22. The van der Waals surface area contributed by atoms with Crippen molar-refractivity contribution in [1.82, 2.24) is 5.32 Å². The first-order chi connectivity index (χ1) is 6.65. The summed E-state index contributed by atoms with van der Waals surface area (Å²) in [6.07, 6.45) is 0. The SMILES string of the molecule is CCNCc1ccc([N+](=O)[O-])cc1Cl. The van der Waals surface area contributed by atoms with Gasteiger partial charge in [0.1, 0.15) is 0 Å². The van der Waals surface area contributed by atoms with Gasteiger partial charge in [-0.25, -0.2) is 0 Å². The molecule has 0 aliphatic rings. The molecule has 1 N–H and O–H groups in total. The minimum atomic E-state index is -0.455. The van der Waals surface area contributed by atoms with Gasteiger partial charge in [0, 0.05) is 18.7 Å². The predicted octanol–water partition coefficient (Wildman–Crippen LogP) is 2.36. The molecule has 0 aromatic heterocycles. The minimum Gasteiger partial charge on any atom is -0.313 e. The standard InChI is InChI=1S/C9H11ClN2O2/c1-2-11-6-7-3-4-8(12(13)14)5-9(7)10/h3-5,11H,2,6H2,1H3. The number of benzene rings is 1. The molecule has 0 saturated heterocycles. The second-order valence-electron chi connectivity index (χ2n) is 2.81. The monoisotopic (exact) mass is 214 g/mol. The molecule has 14 heavy (non-hydrogen) atoms. The fraction of sp³-hybridized carbons (Fsp3) is 0.333. The fourth-order valence-electron chi connectivity index (χ4n) is 1.05. The van der Waals surface area contributed by atoms with Crippen LogP contribution in [0.4, 0.5) is 5.69 Å². The lowest BCUT2D eigenvalue weighted by atomic mass is 10.2. The Labute approximate surface area is 87.0 Å². The lowest BCUT2D eigenvalue weighted by Gasteiger charge is -2.03. The molecule has 1 aromatic carbocycles. The number of nitrogens with zero attached hydrogens (tertiary/aromatic N) is 1. The number of nitrogens with one attached hydrogen (secondary N) is 1. The lowest BCUT2D eigenvalue weighted by molar-refractivity contribution is -0.384. The third-order valence-electron chi connectivity index (χ3n) is 1.81. The van der Waals surface area contributed by atoms with E-state index in [0.29, 0.717) is 11.6 Å². The van der Waals surface area contributed by atoms with Gasteiger partial charge in [0.2, 0.25) is 0 Å². The van der Waals surface area contributed by atoms with Crippen LogP contribution in [0.2, 0.25) is 5.02 Å². The molecular weight excluding hydrogens is 204 g/mol. The van der Waals surface area contributed by atoms with Crippen LogP contribution in [0.15, 0.2) is 18.2 Å². The first-order valence-corrected chi connectivity index (χ1v) is 4.66. The van der Waals surface area contributed by atoms with Crippen LogP contribution in [-0.4, -0.2) is 11.5 Å². The van der Waals surface area contributed by atoms with Crippen LogP contribution in [-0.2, 0) is 6.54 Å². The van der Waals surface area contributed by atoms with E-state index in [0.717, 1.165) is 12.1 Å². The van der Waals surface area contributed by atoms with Crippen LogP contribution in [0.1, 0.15) is 12.5 Å². The topological polar surface area (TPSA) is 55.2 Å². The number of nitro groups is 1. The summed E-state index contributed by atoms with van der Waals surface area (Å²) in [5.74, 6) is 0. The fourth-order valence-corrected chi connectivity index (χ4v) is 1.29. The van der Waals surface area contributed by atoms with Gasteiger partial charge in [0.25, 0.3) is 5.69 Å². The molecule has 0 heterocycles. The van der Waals surface area contributed by atoms with E-state index in [1.165, 1.54) is 12.1 Å². The van der Waals surface area contributed by atoms with Crippen molar-refractivity contribution >= 4 is 17.3 Å². The van der Waals surface area contributed by atoms with E-state index in [9.17, 15) is 10.1 Å². The van der Waals surface area contributed by atoms with Crippen molar-refractivity contribution in [2.75, 3.05) is 6.54 Å². The first kappa shape index (κ1) is 10.9. The highest BCUT2D eigenvalue weighted by atomic mass is 35.5. The Kier molecular flexibility index (Phi) is 3.85. The Hall–Kier alpha value is -1.13. The van der Waals surface area contributed by atoms with Gasteiger partial charge in [-0.3, -0.25) is 10.1 Å². The molecule has 0 amide bonds. The predicted molar refractivity (Wildman–Crippen MR) is 55.5 cm³/mol. The van der Waals surface area contributed by atoms with E-state index < -0.39 is 4.92 Å². The van der Waals surface area contributed by atoms with Crippen LogP contribution >= 0.6 is 11.6 Å². The molecule has 1 rings (SSSR count). The number of hydrogen-bond donors (Lipinski definition) is 1. The largest absolute Gasteiger partial charge is 0.313 e. The number of non-ortho nitro benzene ring substituents is 1. The normalized spacial score (nSPS) is 10.1. The molecule has 0 radical (unpaired) electrons. The van der Waals surface area contributed by atoms with Gasteiger partial charge in [-0.05, 0) is 18.2 Å². The highest BCUT2D eigenvalue weighted by molar-refractivity contribution is 6.31. The zero-order valence-corrected chi connectivity index (χ0v) is 8.54. The van der Waals surface area contributed by atoms with Gasteiger partial charge in [-0.1, -0.05) is 18.5 Å². The average molecular weight is 215 g/mol. The highest BCUT2D eigenvalue weighted by Gasteiger charge is 2.08. The summed E-state index contributed by atoms with van der Waals surface area (Å²) in [6, 6.07) is 4.50. The molecule has 0 spiro atoms. The van der Waals surface area contributed by atoms with E-state index in [1.54, 1.807) is 6.07 Å². The maximum atomic E-state index is 10.4. The van der Waals surface area contributed by atoms with Crippen LogP contribution in [0.5, 0.6) is 0 Å². The average Bonchev–Trinajstić information content (AvgIpc) is 2.15. The van der Waals surface area contributed by atoms with Crippen molar-refractivity contribution in [3.63, 3.8) is 0 Å². The Morgan fingerprint density at radius 1 is 1.57 bits per heavy atom. The third-order valence-corrected chi connectivity index (χ3v) is 2.16. The van der Waals surface area contributed by atoms with Gasteiger partial charge in [0.15, 0.2) is 0 Å². The Balaban J connectivity index is 2.84. The summed E-state index contributed by atoms with van der Waals surface area (Å²) in [4.78, 5) is 9.95. The summed E-state index contributed by atoms with van der Waals surface area (Å²) in [5.41, 5.74) is 0.898. The van der Waals surface area contributed by atoms with Crippen molar-refractivity contribution in [3.05, 3.63) is 38.9 Å². The van der Waals surface area contributed by atoms with Crippen LogP contribution in [0.3, 0.4) is 0 Å². The van der Waals surface area contributed by atoms with Crippen molar-refractivity contribution in [2.45, 2.75) is 13.5 Å². The van der Waals surface area contributed by atoms with Gasteiger partial charge in [0.05, 0.1) is 9.95 Å². The van der Waals surface area contributed by atoms with Crippen molar-refractivity contribution in [1.29, 1.82) is 0 Å². The number of rotatable bonds is 4. The zero-order chi connectivity index (χ0) is 10.6. The van der Waals surface area contributed by atoms with Gasteiger partial charge in [-0.15, -0.1) is 0 Å². The quantitative estimate of drug-likeness (QED) is 0.618. The van der Waals surface area contributed by atoms with E-state index in [4.69, 9.17) is 11.6 Å². The smallest absolute Gasteiger partial charge is 0.270 e. The Morgan fingerprint density at radius 2 is 2.29 bits per heavy atom. The van der Waals surface area contributed by atoms with Crippen molar-refractivity contribution in [3.8, 4) is 0 Å². The molecule has 0 aliphatic heterocycles. The summed E-state index contributed by atoms with van der Waals surface area (Å²) < 4.78 is 0. The van der Waals surface area contributed by atoms with E-state index in [1.807, 2.05) is 6.92 Å². The first-order valence-electron chi connectivity index (χ1n) is 4.28. The van der Waals surface area contributed by atoms with Crippen molar-refractivity contribution in [2.24, 2.45) is 0 Å². The molecule has 1 aromatic rings. The molecular formula is C9H11ClN2O2. The molecule has 76 valence electrons. The van der Waals surface area contributed by atoms with Gasteiger partial charge >= 0.3 is 0 Å². The Morgan fingerprint density at radius 3 is 2.79 bits per heavy atom. The number of nitro benzene ring substituents is 1. The summed E-state index contributed by atoms with van der Waals surface area (Å²) in [7, 11) is 0. The van der Waals surface area contributed by atoms with Crippen molar-refractivity contribution < 1.29 is 4.92 Å². The Bertz CT molecular complexity index is 342. The molecule has 0 bridgehead atoms. The van der Waals surface area contributed by atoms with E-state index in [-0.39, 0.29) is 5.69 Å². The van der Waals surface area contributed by atoms with Crippen LogP contribution < -0.4 is 5.32 Å². The van der Waals surface area contributed by atoms with E-state index in [2.05, 4.69) is 5.32 Å². The van der Waals surface area contributed by atoms with Crippen LogP contribution in [0, 0.1) is 10.1 Å². The maximum Gasteiger partial charge on any atom is 0.270 e. The number of hydrogen-bond acceptors (Lipinski definition) is 3. The lowest BCUT2D eigenvalue weighted by Crippen LogP contribution is -2.12. The summed E-state index contributed by atoms with van der Waals surface area (Å²) in [6.45, 7) is 3.46. The molecule has 0 aliphatic carbocycles. The molecule has 0 saturated carbocycles. The third kappa shape index (κ3) is 2.68. The van der Waals surface area contributed by atoms with Crippen LogP contribution in [0.25, 0.3) is 0 Å². The molecule has 0 unspecified atom stereocenters. The molecule has 0 fully saturated rings. The number of halogens is 1. The molecule has 4 nitrogen and oxygen atoms in total. The van der Waals surface area contributed by atoms with Gasteiger partial charge < -0.3 is 5.32 Å². The van der Waals surface area contributed by atoms with Gasteiger partial charge in [-0.2, -0.15) is 0 Å². The highest BCUT2D eigenvalue weighted by Crippen LogP contribution is 2.22. The van der Waals surface area contributed by atoms with E-state index >= 15 is 0 Å². The zero-order valence-electron chi connectivity index (χ0n) is 7.79. The molecule has 5 heteroatoms.